The Balaban J connectivity index is 1.49. The lowest BCUT2D eigenvalue weighted by atomic mass is 9.85. The number of carboxylic acid groups (broad SMARTS) is 1. The van der Waals surface area contributed by atoms with Crippen LogP contribution in [0.4, 0.5) is 17.1 Å². The molecule has 0 radical (unpaired) electrons. The average Bonchev–Trinajstić information content (AvgIpc) is 3.20. The summed E-state index contributed by atoms with van der Waals surface area (Å²) in [7, 11) is 0. The number of hydrogen-bond donors (Lipinski definition) is 2. The highest BCUT2D eigenvalue weighted by molar-refractivity contribution is 7.58. The summed E-state index contributed by atoms with van der Waals surface area (Å²) in [6.45, 7) is 0.103. The highest BCUT2D eigenvalue weighted by Crippen LogP contribution is 2.40. The number of nitrogens with one attached hydrogen (secondary N) is 1. The minimum absolute atomic E-state index is 0.103. The molecule has 2 fully saturated rings. The Morgan fingerprint density at radius 1 is 1.28 bits per heavy atom. The Morgan fingerprint density at radius 3 is 2.96 bits per heavy atom. The molecule has 132 valence electrons. The third-order valence-corrected chi connectivity index (χ3v) is 5.94. The van der Waals surface area contributed by atoms with Gasteiger partial charge in [-0.3, -0.25) is 14.5 Å². The Morgan fingerprint density at radius 2 is 2.12 bits per heavy atom. The van der Waals surface area contributed by atoms with Gasteiger partial charge in [0.05, 0.1) is 23.6 Å². The van der Waals surface area contributed by atoms with Gasteiger partial charge in [-0.05, 0) is 37.3 Å². The van der Waals surface area contributed by atoms with Crippen LogP contribution in [0.1, 0.15) is 32.1 Å². The molecule has 2 N–H and O–H groups in total. The smallest absolute Gasteiger partial charge is 0.320 e. The van der Waals surface area contributed by atoms with Crippen LogP contribution in [0, 0.1) is 5.92 Å². The zero-order valence-electron chi connectivity index (χ0n) is 13.7. The predicted octanol–water partition coefficient (Wildman–Crippen LogP) is 3.07. The molecular weight excluding hydrogens is 340 g/mol. The van der Waals surface area contributed by atoms with Gasteiger partial charge in [0.1, 0.15) is 17.4 Å². The first-order chi connectivity index (χ1) is 12.1. The number of fused-ring (bicyclic) bond motifs is 2. The van der Waals surface area contributed by atoms with Gasteiger partial charge < -0.3 is 10.4 Å². The number of carboxylic acids is 1. The van der Waals surface area contributed by atoms with Crippen LogP contribution in [0.25, 0.3) is 0 Å². The molecule has 7 nitrogen and oxygen atoms in total. The van der Waals surface area contributed by atoms with Gasteiger partial charge in [0.25, 0.3) is 0 Å². The summed E-state index contributed by atoms with van der Waals surface area (Å²) in [6.07, 6.45) is 4.96. The molecule has 3 aliphatic rings. The molecular formula is C17H20N4O3S. The van der Waals surface area contributed by atoms with Crippen molar-refractivity contribution >= 4 is 40.3 Å². The quantitative estimate of drug-likeness (QED) is 0.876. The van der Waals surface area contributed by atoms with Crippen LogP contribution in [0.5, 0.6) is 0 Å². The number of amides is 1. The van der Waals surface area contributed by atoms with E-state index >= 15 is 0 Å². The SMILES string of the molecule is O=C(CN1C(C(=O)O)CC2CCCCC21)Nc1cccc2c1N=S=N2. The molecule has 8 heteroatoms. The fourth-order valence-electron chi connectivity index (χ4n) is 4.29. The van der Waals surface area contributed by atoms with Gasteiger partial charge >= 0.3 is 5.97 Å². The molecule has 1 amide bonds. The number of hydrogen-bond acceptors (Lipinski definition) is 5. The van der Waals surface area contributed by atoms with E-state index in [1.807, 2.05) is 17.0 Å². The summed E-state index contributed by atoms with van der Waals surface area (Å²) in [5, 5.41) is 12.4. The molecule has 1 aromatic rings. The number of anilines is 1. The number of aliphatic carboxylic acids is 1. The lowest BCUT2D eigenvalue weighted by Crippen LogP contribution is -2.46. The summed E-state index contributed by atoms with van der Waals surface area (Å²) >= 11 is 1.11. The van der Waals surface area contributed by atoms with Crippen LogP contribution in [0.15, 0.2) is 26.9 Å². The van der Waals surface area contributed by atoms with E-state index in [9.17, 15) is 14.7 Å². The highest BCUT2D eigenvalue weighted by Gasteiger charge is 2.45. The second kappa shape index (κ2) is 6.68. The van der Waals surface area contributed by atoms with Crippen molar-refractivity contribution in [3.8, 4) is 0 Å². The number of likely N-dealkylation sites (tertiary alicyclic amines) is 1. The predicted molar refractivity (Wildman–Crippen MR) is 95.1 cm³/mol. The topological polar surface area (TPSA) is 94.4 Å². The summed E-state index contributed by atoms with van der Waals surface area (Å²) in [5.41, 5.74) is 2.05. The molecule has 25 heavy (non-hydrogen) atoms. The van der Waals surface area contributed by atoms with Crippen LogP contribution < -0.4 is 5.32 Å². The first kappa shape index (κ1) is 16.4. The molecule has 3 unspecified atom stereocenters. The maximum absolute atomic E-state index is 12.6. The van der Waals surface area contributed by atoms with Crippen molar-refractivity contribution < 1.29 is 14.7 Å². The molecule has 4 rings (SSSR count). The summed E-state index contributed by atoms with van der Waals surface area (Å²) in [5.74, 6) is -0.625. The van der Waals surface area contributed by atoms with Gasteiger partial charge in [0, 0.05) is 6.04 Å². The van der Waals surface area contributed by atoms with Gasteiger partial charge in [0.2, 0.25) is 5.91 Å². The van der Waals surface area contributed by atoms with Crippen molar-refractivity contribution in [3.05, 3.63) is 18.2 Å². The number of rotatable bonds is 4. The van der Waals surface area contributed by atoms with Gasteiger partial charge in [-0.25, -0.2) is 0 Å². The fourth-order valence-corrected chi connectivity index (χ4v) is 4.84. The van der Waals surface area contributed by atoms with Gasteiger partial charge in [-0.15, -0.1) is 0 Å². The van der Waals surface area contributed by atoms with Crippen molar-refractivity contribution in [2.45, 2.75) is 44.2 Å². The Hall–Kier alpha value is -2.06. The highest BCUT2D eigenvalue weighted by atomic mass is 32.1. The van der Waals surface area contributed by atoms with Crippen LogP contribution in [0.3, 0.4) is 0 Å². The van der Waals surface area contributed by atoms with Crippen LogP contribution >= 0.6 is 0 Å². The molecule has 1 aromatic carbocycles. The second-order valence-corrected chi connectivity index (χ2v) is 7.39. The van der Waals surface area contributed by atoms with E-state index in [0.29, 0.717) is 23.7 Å². The maximum atomic E-state index is 12.6. The summed E-state index contributed by atoms with van der Waals surface area (Å²) in [4.78, 5) is 26.1. The number of carbonyl (C=O) groups is 2. The normalized spacial score (nSPS) is 27.4. The Kier molecular flexibility index (Phi) is 4.39. The average molecular weight is 360 g/mol. The van der Waals surface area contributed by atoms with Crippen molar-refractivity contribution in [2.24, 2.45) is 14.6 Å². The van der Waals surface area contributed by atoms with Gasteiger partial charge in [0.15, 0.2) is 0 Å². The molecule has 0 bridgehead atoms. The van der Waals surface area contributed by atoms with E-state index in [0.717, 1.165) is 42.7 Å². The summed E-state index contributed by atoms with van der Waals surface area (Å²) in [6, 6.07) is 5.12. The van der Waals surface area contributed by atoms with Crippen molar-refractivity contribution in [1.29, 1.82) is 0 Å². The van der Waals surface area contributed by atoms with E-state index in [-0.39, 0.29) is 18.5 Å². The number of carbonyl (C=O) groups excluding carboxylic acids is 1. The molecule has 1 saturated carbocycles. The van der Waals surface area contributed by atoms with Gasteiger partial charge in [-0.2, -0.15) is 8.73 Å². The third kappa shape index (κ3) is 3.11. The van der Waals surface area contributed by atoms with Crippen molar-refractivity contribution in [3.63, 3.8) is 0 Å². The lowest BCUT2D eigenvalue weighted by molar-refractivity contribution is -0.143. The minimum atomic E-state index is -0.826. The standard InChI is InChI=1S/C17H20N4O3S/c22-15(18-11-5-3-6-12-16(11)20-25-19-12)9-21-13-7-2-1-4-10(13)8-14(21)17(23)24/h3,5-6,10,13-14H,1-2,4,7-9H2,(H,18,22)(H,23,24). The molecule has 2 aliphatic heterocycles. The minimum Gasteiger partial charge on any atom is -0.480 e. The van der Waals surface area contributed by atoms with Crippen LogP contribution in [0.2, 0.25) is 0 Å². The van der Waals surface area contributed by atoms with E-state index in [2.05, 4.69) is 14.0 Å². The summed E-state index contributed by atoms with van der Waals surface area (Å²) < 4.78 is 8.39. The van der Waals surface area contributed by atoms with Gasteiger partial charge in [-0.1, -0.05) is 18.9 Å². The fraction of sp³-hybridized carbons (Fsp3) is 0.529. The maximum Gasteiger partial charge on any atom is 0.320 e. The number of benzene rings is 1. The molecule has 2 heterocycles. The zero-order chi connectivity index (χ0) is 17.4. The molecule has 0 spiro atoms. The van der Waals surface area contributed by atoms with Crippen molar-refractivity contribution in [2.75, 3.05) is 11.9 Å². The largest absolute Gasteiger partial charge is 0.480 e. The van der Waals surface area contributed by atoms with Crippen LogP contribution in [-0.2, 0) is 20.9 Å². The second-order valence-electron chi connectivity index (χ2n) is 6.86. The zero-order valence-corrected chi connectivity index (χ0v) is 14.5. The van der Waals surface area contributed by atoms with Crippen LogP contribution in [-0.4, -0.2) is 40.5 Å². The lowest BCUT2D eigenvalue weighted by Gasteiger charge is -2.32. The van der Waals surface area contributed by atoms with Crippen molar-refractivity contribution in [1.82, 2.24) is 4.90 Å². The molecule has 3 atom stereocenters. The first-order valence-corrected chi connectivity index (χ1v) is 9.36. The first-order valence-electron chi connectivity index (χ1n) is 8.63. The Bertz CT molecular complexity index is 790. The molecule has 1 saturated heterocycles. The number of nitrogens with zero attached hydrogens (tertiary/aromatic N) is 3. The molecule has 0 aromatic heterocycles. The van der Waals surface area contributed by atoms with E-state index in [4.69, 9.17) is 0 Å². The third-order valence-electron chi connectivity index (χ3n) is 5.39. The monoisotopic (exact) mass is 360 g/mol. The van der Waals surface area contributed by atoms with E-state index in [1.54, 1.807) is 6.07 Å². The van der Waals surface area contributed by atoms with E-state index < -0.39 is 12.0 Å². The Labute approximate surface area is 149 Å². The molecule has 1 aliphatic carbocycles. The van der Waals surface area contributed by atoms with E-state index in [1.165, 1.54) is 0 Å².